The van der Waals surface area contributed by atoms with Crippen molar-refractivity contribution in [2.45, 2.75) is 32.4 Å². The van der Waals surface area contributed by atoms with Gasteiger partial charge in [0.2, 0.25) is 0 Å². The minimum atomic E-state index is -0.549. The molecule has 0 aliphatic heterocycles. The van der Waals surface area contributed by atoms with E-state index in [1.54, 1.807) is 6.26 Å². The van der Waals surface area contributed by atoms with Crippen LogP contribution in [-0.4, -0.2) is 6.04 Å². The van der Waals surface area contributed by atoms with Crippen LogP contribution in [-0.2, 0) is 13.0 Å². The molecule has 102 valence electrons. The number of halogens is 2. The molecule has 0 spiro atoms. The Hall–Kier alpha value is -1.68. The van der Waals surface area contributed by atoms with Gasteiger partial charge in [0.05, 0.1) is 6.26 Å². The maximum absolute atomic E-state index is 13.4. The summed E-state index contributed by atoms with van der Waals surface area (Å²) in [6, 6.07) is 7.68. The van der Waals surface area contributed by atoms with Crippen LogP contribution in [0.2, 0.25) is 0 Å². The monoisotopic (exact) mass is 265 g/mol. The Bertz CT molecular complexity index is 511. The molecule has 0 radical (unpaired) electrons. The summed E-state index contributed by atoms with van der Waals surface area (Å²) < 4.78 is 31.4. The fraction of sp³-hybridized carbons (Fsp3) is 0.333. The first-order chi connectivity index (χ1) is 9.15. The van der Waals surface area contributed by atoms with E-state index in [0.29, 0.717) is 12.1 Å². The topological polar surface area (TPSA) is 25.2 Å². The van der Waals surface area contributed by atoms with Crippen LogP contribution in [0.4, 0.5) is 8.78 Å². The number of aryl methyl sites for hydroxylation is 1. The third-order valence-electron chi connectivity index (χ3n) is 3.06. The first kappa shape index (κ1) is 13.7. The van der Waals surface area contributed by atoms with E-state index in [9.17, 15) is 8.78 Å². The zero-order valence-corrected chi connectivity index (χ0v) is 10.8. The maximum atomic E-state index is 13.4. The van der Waals surface area contributed by atoms with Crippen LogP contribution >= 0.6 is 0 Å². The highest BCUT2D eigenvalue weighted by Gasteiger charge is 2.07. The Morgan fingerprint density at radius 2 is 2.11 bits per heavy atom. The average molecular weight is 265 g/mol. The van der Waals surface area contributed by atoms with Crippen LogP contribution in [0.3, 0.4) is 0 Å². The van der Waals surface area contributed by atoms with Gasteiger partial charge in [0, 0.05) is 30.6 Å². The van der Waals surface area contributed by atoms with Gasteiger partial charge in [0.15, 0.2) is 0 Å². The number of furan rings is 1. The van der Waals surface area contributed by atoms with Gasteiger partial charge in [-0.1, -0.05) is 6.07 Å². The highest BCUT2D eigenvalue weighted by atomic mass is 19.1. The zero-order valence-electron chi connectivity index (χ0n) is 10.8. The van der Waals surface area contributed by atoms with Crippen molar-refractivity contribution in [2.24, 2.45) is 0 Å². The Kier molecular flexibility index (Phi) is 4.68. The molecular weight excluding hydrogens is 248 g/mol. The highest BCUT2D eigenvalue weighted by Crippen LogP contribution is 2.10. The second-order valence-corrected chi connectivity index (χ2v) is 4.64. The normalized spacial score (nSPS) is 12.6. The Balaban J connectivity index is 1.78. The molecule has 2 aromatic rings. The molecule has 1 N–H and O–H groups in total. The van der Waals surface area contributed by atoms with Crippen molar-refractivity contribution < 1.29 is 13.2 Å². The van der Waals surface area contributed by atoms with Gasteiger partial charge >= 0.3 is 0 Å². The number of benzene rings is 1. The minimum absolute atomic E-state index is 0.231. The van der Waals surface area contributed by atoms with Crippen molar-refractivity contribution in [3.63, 3.8) is 0 Å². The quantitative estimate of drug-likeness (QED) is 0.862. The molecule has 0 bridgehead atoms. The van der Waals surface area contributed by atoms with Crippen LogP contribution in [0, 0.1) is 11.6 Å². The number of hydrogen-bond acceptors (Lipinski definition) is 2. The molecule has 2 nitrogen and oxygen atoms in total. The Morgan fingerprint density at radius 1 is 1.26 bits per heavy atom. The number of nitrogens with one attached hydrogen (secondary N) is 1. The average Bonchev–Trinajstić information content (AvgIpc) is 2.88. The first-order valence-corrected chi connectivity index (χ1v) is 6.35. The molecule has 0 aliphatic rings. The lowest BCUT2D eigenvalue weighted by atomic mass is 10.1. The molecule has 1 aromatic carbocycles. The molecule has 0 saturated heterocycles. The van der Waals surface area contributed by atoms with E-state index in [0.717, 1.165) is 24.7 Å². The van der Waals surface area contributed by atoms with Crippen LogP contribution in [0.5, 0.6) is 0 Å². The lowest BCUT2D eigenvalue weighted by Gasteiger charge is -2.13. The largest absolute Gasteiger partial charge is 0.469 e. The van der Waals surface area contributed by atoms with Crippen LogP contribution in [0.1, 0.15) is 24.7 Å². The second kappa shape index (κ2) is 6.48. The van der Waals surface area contributed by atoms with Crippen LogP contribution in [0.15, 0.2) is 41.0 Å². The van der Waals surface area contributed by atoms with E-state index in [1.165, 1.54) is 12.1 Å². The molecular formula is C15H17F2NO. The molecule has 0 fully saturated rings. The van der Waals surface area contributed by atoms with Gasteiger partial charge in [-0.05, 0) is 31.5 Å². The van der Waals surface area contributed by atoms with E-state index in [1.807, 2.05) is 19.1 Å². The molecule has 0 aliphatic carbocycles. The van der Waals surface area contributed by atoms with Gasteiger partial charge in [-0.15, -0.1) is 0 Å². The lowest BCUT2D eigenvalue weighted by Crippen LogP contribution is -2.26. The SMILES string of the molecule is CC(CCc1ccco1)NCc1ccc(F)cc1F. The van der Waals surface area contributed by atoms with Crippen molar-refractivity contribution in [2.75, 3.05) is 0 Å². The third-order valence-corrected chi connectivity index (χ3v) is 3.06. The van der Waals surface area contributed by atoms with Gasteiger partial charge in [-0.25, -0.2) is 8.78 Å². The summed E-state index contributed by atoms with van der Waals surface area (Å²) in [4.78, 5) is 0. The first-order valence-electron chi connectivity index (χ1n) is 6.35. The summed E-state index contributed by atoms with van der Waals surface area (Å²) in [5.41, 5.74) is 0.478. The Morgan fingerprint density at radius 3 is 2.79 bits per heavy atom. The lowest BCUT2D eigenvalue weighted by molar-refractivity contribution is 0.455. The summed E-state index contributed by atoms with van der Waals surface area (Å²) in [6.07, 6.45) is 3.39. The third kappa shape index (κ3) is 4.17. The predicted octanol–water partition coefficient (Wildman–Crippen LogP) is 3.67. The van der Waals surface area contributed by atoms with Crippen LogP contribution in [0.25, 0.3) is 0 Å². The summed E-state index contributed by atoms with van der Waals surface area (Å²) in [5.74, 6) is -0.112. The molecule has 1 atom stereocenters. The molecule has 0 amide bonds. The van der Waals surface area contributed by atoms with Crippen molar-refractivity contribution in [3.05, 3.63) is 59.6 Å². The van der Waals surface area contributed by atoms with Gasteiger partial charge < -0.3 is 9.73 Å². The summed E-state index contributed by atoms with van der Waals surface area (Å²) >= 11 is 0. The number of rotatable bonds is 6. The van der Waals surface area contributed by atoms with E-state index in [-0.39, 0.29) is 6.04 Å². The predicted molar refractivity (Wildman–Crippen MR) is 69.7 cm³/mol. The van der Waals surface area contributed by atoms with E-state index in [2.05, 4.69) is 5.32 Å². The van der Waals surface area contributed by atoms with Crippen molar-refractivity contribution in [1.82, 2.24) is 5.32 Å². The fourth-order valence-electron chi connectivity index (χ4n) is 1.86. The maximum Gasteiger partial charge on any atom is 0.130 e. The van der Waals surface area contributed by atoms with Gasteiger partial charge in [0.25, 0.3) is 0 Å². The van der Waals surface area contributed by atoms with Gasteiger partial charge in [0.1, 0.15) is 17.4 Å². The van der Waals surface area contributed by atoms with E-state index < -0.39 is 11.6 Å². The summed E-state index contributed by atoms with van der Waals surface area (Å²) in [7, 11) is 0. The van der Waals surface area contributed by atoms with Crippen molar-refractivity contribution >= 4 is 0 Å². The van der Waals surface area contributed by atoms with Crippen LogP contribution < -0.4 is 5.32 Å². The molecule has 2 rings (SSSR count). The highest BCUT2D eigenvalue weighted by molar-refractivity contribution is 5.18. The standard InChI is InChI=1S/C15H17F2NO/c1-11(4-7-14-3-2-8-19-14)18-10-12-5-6-13(16)9-15(12)17/h2-3,5-6,8-9,11,18H,4,7,10H2,1H3. The molecule has 1 aromatic heterocycles. The molecule has 0 saturated carbocycles. The second-order valence-electron chi connectivity index (χ2n) is 4.64. The number of hydrogen-bond donors (Lipinski definition) is 1. The van der Waals surface area contributed by atoms with Crippen molar-refractivity contribution in [1.29, 1.82) is 0 Å². The van der Waals surface area contributed by atoms with Crippen molar-refractivity contribution in [3.8, 4) is 0 Å². The Labute approximate surface area is 111 Å². The van der Waals surface area contributed by atoms with E-state index >= 15 is 0 Å². The zero-order chi connectivity index (χ0) is 13.7. The van der Waals surface area contributed by atoms with Gasteiger partial charge in [-0.2, -0.15) is 0 Å². The molecule has 1 unspecified atom stereocenters. The molecule has 1 heterocycles. The minimum Gasteiger partial charge on any atom is -0.469 e. The smallest absolute Gasteiger partial charge is 0.130 e. The molecule has 19 heavy (non-hydrogen) atoms. The van der Waals surface area contributed by atoms with Gasteiger partial charge in [-0.3, -0.25) is 0 Å². The summed E-state index contributed by atoms with van der Waals surface area (Å²) in [6.45, 7) is 2.43. The molecule has 4 heteroatoms. The summed E-state index contributed by atoms with van der Waals surface area (Å²) in [5, 5.41) is 3.22. The fourth-order valence-corrected chi connectivity index (χ4v) is 1.86. The van der Waals surface area contributed by atoms with E-state index in [4.69, 9.17) is 4.42 Å².